The number of fused-ring (bicyclic) bond motifs is 1. The fourth-order valence-electron chi connectivity index (χ4n) is 3.28. The Balaban J connectivity index is 2.10. The van der Waals surface area contributed by atoms with Crippen molar-refractivity contribution in [2.75, 3.05) is 12.3 Å². The number of rotatable bonds is 6. The fourth-order valence-corrected chi connectivity index (χ4v) is 3.28. The largest absolute Gasteiger partial charge is 0.394 e. The lowest BCUT2D eigenvalue weighted by molar-refractivity contribution is -0.177. The maximum Gasteiger partial charge on any atom is 0.283 e. The second-order valence-corrected chi connectivity index (χ2v) is 6.73. The summed E-state index contributed by atoms with van der Waals surface area (Å²) < 4.78 is 6.62. The van der Waals surface area contributed by atoms with Gasteiger partial charge in [-0.1, -0.05) is 13.3 Å². The van der Waals surface area contributed by atoms with E-state index in [4.69, 9.17) is 16.2 Å². The van der Waals surface area contributed by atoms with Crippen LogP contribution in [0.4, 0.5) is 5.82 Å². The Bertz CT molecular complexity index is 920. The van der Waals surface area contributed by atoms with Gasteiger partial charge in [0.05, 0.1) is 12.6 Å². The second kappa shape index (κ2) is 7.96. The molecule has 13 heteroatoms. The molecular formula is C16H23N7O6. The van der Waals surface area contributed by atoms with Gasteiger partial charge in [-0.05, 0) is 6.42 Å². The molecule has 3 rings (SSSR count). The van der Waals surface area contributed by atoms with Crippen molar-refractivity contribution in [1.82, 2.24) is 24.8 Å². The summed E-state index contributed by atoms with van der Waals surface area (Å²) in [5, 5.41) is 32.6. The lowest BCUT2D eigenvalue weighted by Crippen LogP contribution is -2.59. The third kappa shape index (κ3) is 3.32. The number of carbonyl (C=O) groups is 2. The molecule has 2 amide bonds. The molecule has 3 heterocycles. The molecule has 1 aliphatic rings. The molecule has 29 heavy (non-hydrogen) atoms. The van der Waals surface area contributed by atoms with Crippen LogP contribution in [0.3, 0.4) is 0 Å². The molecule has 13 nitrogen and oxygen atoms in total. The van der Waals surface area contributed by atoms with E-state index in [1.54, 1.807) is 0 Å². The molecule has 0 aromatic carbocycles. The Morgan fingerprint density at radius 3 is 2.72 bits per heavy atom. The van der Waals surface area contributed by atoms with Crippen molar-refractivity contribution in [2.45, 2.75) is 49.8 Å². The highest BCUT2D eigenvalue weighted by Crippen LogP contribution is 2.38. The SMILES string of the molecule is CCC[C@H](N)C(=O)NC(=O)[C@@]1(n2cnc3c(N)ncnc32)O[C@H](CO)[C@@H](O)[C@H]1O. The van der Waals surface area contributed by atoms with E-state index in [1.807, 2.05) is 6.92 Å². The number of aliphatic hydroxyl groups excluding tert-OH is 3. The van der Waals surface area contributed by atoms with Crippen molar-refractivity contribution >= 4 is 28.8 Å². The molecule has 158 valence electrons. The fraction of sp³-hybridized carbons (Fsp3) is 0.562. The lowest BCUT2D eigenvalue weighted by atomic mass is 10.0. The van der Waals surface area contributed by atoms with Crippen molar-refractivity contribution in [3.05, 3.63) is 12.7 Å². The average Bonchev–Trinajstić information content (AvgIpc) is 3.23. The van der Waals surface area contributed by atoms with Gasteiger partial charge in [-0.3, -0.25) is 19.5 Å². The van der Waals surface area contributed by atoms with Crippen LogP contribution in [0.1, 0.15) is 19.8 Å². The van der Waals surface area contributed by atoms with Gasteiger partial charge in [-0.2, -0.15) is 0 Å². The van der Waals surface area contributed by atoms with E-state index >= 15 is 0 Å². The first kappa shape index (κ1) is 21.0. The van der Waals surface area contributed by atoms with E-state index in [1.165, 1.54) is 0 Å². The highest BCUT2D eigenvalue weighted by atomic mass is 16.6. The number of ether oxygens (including phenoxy) is 1. The summed E-state index contributed by atoms with van der Waals surface area (Å²) in [5.74, 6) is -1.88. The molecule has 8 N–H and O–H groups in total. The normalized spacial score (nSPS) is 27.8. The van der Waals surface area contributed by atoms with E-state index in [2.05, 4.69) is 20.3 Å². The minimum absolute atomic E-state index is 0.0112. The lowest BCUT2D eigenvalue weighted by Gasteiger charge is -2.32. The summed E-state index contributed by atoms with van der Waals surface area (Å²) in [6.07, 6.45) is -1.65. The summed E-state index contributed by atoms with van der Waals surface area (Å²) in [5.41, 5.74) is 9.29. The van der Waals surface area contributed by atoms with Crippen LogP contribution in [-0.4, -0.2) is 77.6 Å². The van der Waals surface area contributed by atoms with Crippen molar-refractivity contribution in [3.8, 4) is 0 Å². The van der Waals surface area contributed by atoms with E-state index in [0.29, 0.717) is 12.8 Å². The van der Waals surface area contributed by atoms with Gasteiger partial charge in [0.2, 0.25) is 5.91 Å². The van der Waals surface area contributed by atoms with E-state index in [-0.39, 0.29) is 17.0 Å². The third-order valence-corrected chi connectivity index (χ3v) is 4.83. The first-order valence-electron chi connectivity index (χ1n) is 8.97. The van der Waals surface area contributed by atoms with Crippen molar-refractivity contribution < 1.29 is 29.6 Å². The minimum atomic E-state index is -2.36. The maximum atomic E-state index is 13.1. The standard InChI is InChI=1S/C16H23N7O6/c1-2-3-7(17)14(27)22-15(28)16(11(26)10(25)8(4-24)29-16)23-6-21-9-12(18)19-5-20-13(9)23/h5-8,10-11,24-26H,2-4,17H2,1H3,(H2,18,19,20)(H,22,27,28)/t7-,8+,10+,11+,16-/m0/s1. The van der Waals surface area contributed by atoms with Gasteiger partial charge in [0.1, 0.15) is 36.5 Å². The number of aromatic nitrogens is 4. The van der Waals surface area contributed by atoms with Crippen LogP contribution in [0, 0.1) is 0 Å². The zero-order chi connectivity index (χ0) is 21.3. The van der Waals surface area contributed by atoms with E-state index in [0.717, 1.165) is 17.2 Å². The molecule has 1 aliphatic heterocycles. The summed E-state index contributed by atoms with van der Waals surface area (Å²) in [7, 11) is 0. The molecule has 0 saturated carbocycles. The molecule has 0 aliphatic carbocycles. The van der Waals surface area contributed by atoms with Crippen LogP contribution >= 0.6 is 0 Å². The molecule has 2 aromatic heterocycles. The molecule has 0 radical (unpaired) electrons. The molecule has 1 saturated heterocycles. The predicted octanol–water partition coefficient (Wildman–Crippen LogP) is -3.06. The van der Waals surface area contributed by atoms with Crippen LogP contribution in [0.2, 0.25) is 0 Å². The van der Waals surface area contributed by atoms with Gasteiger partial charge in [0.15, 0.2) is 11.5 Å². The van der Waals surface area contributed by atoms with Gasteiger partial charge in [0, 0.05) is 0 Å². The highest BCUT2D eigenvalue weighted by Gasteiger charge is 2.61. The number of hydrogen-bond acceptors (Lipinski definition) is 11. The average molecular weight is 409 g/mol. The maximum absolute atomic E-state index is 13.1. The Morgan fingerprint density at radius 2 is 2.10 bits per heavy atom. The summed E-state index contributed by atoms with van der Waals surface area (Å²) in [6, 6.07) is -0.962. The van der Waals surface area contributed by atoms with Gasteiger partial charge in [-0.25, -0.2) is 15.0 Å². The topological polar surface area (TPSA) is 212 Å². The van der Waals surface area contributed by atoms with E-state index < -0.39 is 48.5 Å². The summed E-state index contributed by atoms with van der Waals surface area (Å²) in [6.45, 7) is 1.13. The smallest absolute Gasteiger partial charge is 0.283 e. The zero-order valence-corrected chi connectivity index (χ0v) is 15.6. The summed E-state index contributed by atoms with van der Waals surface area (Å²) >= 11 is 0. The summed E-state index contributed by atoms with van der Waals surface area (Å²) in [4.78, 5) is 37.3. The number of imide groups is 1. The molecule has 5 atom stereocenters. The van der Waals surface area contributed by atoms with Crippen LogP contribution in [-0.2, 0) is 20.1 Å². The van der Waals surface area contributed by atoms with Crippen LogP contribution in [0.25, 0.3) is 11.2 Å². The van der Waals surface area contributed by atoms with Gasteiger partial charge in [0.25, 0.3) is 11.6 Å². The van der Waals surface area contributed by atoms with Crippen LogP contribution in [0.5, 0.6) is 0 Å². The van der Waals surface area contributed by atoms with Crippen LogP contribution in [0.15, 0.2) is 12.7 Å². The van der Waals surface area contributed by atoms with Crippen LogP contribution < -0.4 is 16.8 Å². The number of aliphatic hydroxyl groups is 3. The van der Waals surface area contributed by atoms with Crippen molar-refractivity contribution in [2.24, 2.45) is 5.73 Å². The Hall–Kier alpha value is -2.71. The molecule has 0 bridgehead atoms. The molecule has 0 spiro atoms. The first-order chi connectivity index (χ1) is 13.8. The number of anilines is 1. The van der Waals surface area contributed by atoms with Gasteiger partial charge < -0.3 is 31.5 Å². The van der Waals surface area contributed by atoms with Crippen molar-refractivity contribution in [1.29, 1.82) is 0 Å². The van der Waals surface area contributed by atoms with Gasteiger partial charge >= 0.3 is 0 Å². The van der Waals surface area contributed by atoms with E-state index in [9.17, 15) is 24.9 Å². The number of amides is 2. The number of hydrogen-bond donors (Lipinski definition) is 6. The second-order valence-electron chi connectivity index (χ2n) is 6.73. The number of carbonyl (C=O) groups excluding carboxylic acids is 2. The quantitative estimate of drug-likeness (QED) is 0.282. The first-order valence-corrected chi connectivity index (χ1v) is 8.97. The number of nitrogens with zero attached hydrogens (tertiary/aromatic N) is 4. The Labute approximate surface area is 164 Å². The predicted molar refractivity (Wildman–Crippen MR) is 97.7 cm³/mol. The Kier molecular flexibility index (Phi) is 5.77. The zero-order valence-electron chi connectivity index (χ0n) is 15.6. The molecular weight excluding hydrogens is 386 g/mol. The van der Waals surface area contributed by atoms with Crippen molar-refractivity contribution in [3.63, 3.8) is 0 Å². The Morgan fingerprint density at radius 1 is 1.38 bits per heavy atom. The molecule has 2 aromatic rings. The minimum Gasteiger partial charge on any atom is -0.394 e. The third-order valence-electron chi connectivity index (χ3n) is 4.83. The number of nitrogens with one attached hydrogen (secondary N) is 1. The van der Waals surface area contributed by atoms with Gasteiger partial charge in [-0.15, -0.1) is 0 Å². The number of nitrogen functional groups attached to an aromatic ring is 1. The number of nitrogens with two attached hydrogens (primary N) is 2. The number of imidazole rings is 1. The molecule has 0 unspecified atom stereocenters. The monoisotopic (exact) mass is 409 g/mol. The molecule has 1 fully saturated rings. The highest BCUT2D eigenvalue weighted by molar-refractivity contribution is 6.01.